The smallest absolute Gasteiger partial charge is 0.130 e. The van der Waals surface area contributed by atoms with Crippen LogP contribution in [0.1, 0.15) is 18.4 Å². The van der Waals surface area contributed by atoms with Crippen LogP contribution in [0.25, 0.3) is 0 Å². The van der Waals surface area contributed by atoms with Crippen molar-refractivity contribution >= 4 is 5.84 Å². The zero-order valence-corrected chi connectivity index (χ0v) is 10.4. The standard InChI is InChI=1S/C13H18FN3O/c1-17-6-4-10(5-7-17)18-12-3-2-9(14)8-11(12)13(15)16/h2-3,8,10H,4-7H2,1H3,(H3,15,16). The Kier molecular flexibility index (Phi) is 3.81. The van der Waals surface area contributed by atoms with Crippen molar-refractivity contribution in [2.45, 2.75) is 18.9 Å². The van der Waals surface area contributed by atoms with E-state index in [1.54, 1.807) is 6.07 Å². The van der Waals surface area contributed by atoms with Gasteiger partial charge in [0.15, 0.2) is 0 Å². The number of nitrogens with two attached hydrogens (primary N) is 1. The molecule has 98 valence electrons. The maximum Gasteiger partial charge on any atom is 0.130 e. The van der Waals surface area contributed by atoms with Gasteiger partial charge in [0.25, 0.3) is 0 Å². The maximum atomic E-state index is 13.1. The van der Waals surface area contributed by atoms with Crippen LogP contribution in [0.3, 0.4) is 0 Å². The van der Waals surface area contributed by atoms with Crippen LogP contribution in [0.15, 0.2) is 18.2 Å². The zero-order chi connectivity index (χ0) is 13.1. The highest BCUT2D eigenvalue weighted by atomic mass is 19.1. The third-order valence-corrected chi connectivity index (χ3v) is 3.19. The quantitative estimate of drug-likeness (QED) is 0.633. The van der Waals surface area contributed by atoms with E-state index in [4.69, 9.17) is 15.9 Å². The largest absolute Gasteiger partial charge is 0.490 e. The van der Waals surface area contributed by atoms with Crippen LogP contribution < -0.4 is 10.5 Å². The van der Waals surface area contributed by atoms with Crippen molar-refractivity contribution in [1.29, 1.82) is 5.41 Å². The Bertz CT molecular complexity index is 442. The summed E-state index contributed by atoms with van der Waals surface area (Å²) in [5.41, 5.74) is 5.77. The van der Waals surface area contributed by atoms with Crippen LogP contribution in [-0.2, 0) is 0 Å². The predicted octanol–water partition coefficient (Wildman–Crippen LogP) is 1.58. The van der Waals surface area contributed by atoms with E-state index in [-0.39, 0.29) is 11.9 Å². The highest BCUT2D eigenvalue weighted by molar-refractivity contribution is 5.97. The number of halogens is 1. The molecule has 0 aromatic heterocycles. The summed E-state index contributed by atoms with van der Waals surface area (Å²) in [5.74, 6) is -0.0770. The molecule has 18 heavy (non-hydrogen) atoms. The Hall–Kier alpha value is -1.62. The summed E-state index contributed by atoms with van der Waals surface area (Å²) < 4.78 is 19.0. The molecule has 0 saturated carbocycles. The molecule has 2 rings (SSSR count). The van der Waals surface area contributed by atoms with Gasteiger partial charge in [0.05, 0.1) is 5.56 Å². The molecule has 5 heteroatoms. The van der Waals surface area contributed by atoms with E-state index in [0.717, 1.165) is 25.9 Å². The molecule has 1 saturated heterocycles. The molecule has 1 heterocycles. The highest BCUT2D eigenvalue weighted by Crippen LogP contribution is 2.23. The number of likely N-dealkylation sites (tertiary alicyclic amines) is 1. The Morgan fingerprint density at radius 3 is 2.72 bits per heavy atom. The molecule has 4 nitrogen and oxygen atoms in total. The van der Waals surface area contributed by atoms with E-state index in [2.05, 4.69) is 11.9 Å². The van der Waals surface area contributed by atoms with Crippen molar-refractivity contribution in [3.05, 3.63) is 29.6 Å². The fourth-order valence-corrected chi connectivity index (χ4v) is 2.10. The lowest BCUT2D eigenvalue weighted by atomic mass is 10.1. The van der Waals surface area contributed by atoms with Gasteiger partial charge in [-0.05, 0) is 38.1 Å². The molecule has 0 atom stereocenters. The second-order valence-corrected chi connectivity index (χ2v) is 4.67. The topological polar surface area (TPSA) is 62.3 Å². The molecule has 0 radical (unpaired) electrons. The number of piperidine rings is 1. The number of nitrogen functional groups attached to an aromatic ring is 1. The van der Waals surface area contributed by atoms with Crippen LogP contribution in [0.4, 0.5) is 4.39 Å². The van der Waals surface area contributed by atoms with Crippen LogP contribution in [0.5, 0.6) is 5.75 Å². The Labute approximate surface area is 106 Å². The van der Waals surface area contributed by atoms with E-state index < -0.39 is 5.82 Å². The van der Waals surface area contributed by atoms with Gasteiger partial charge < -0.3 is 15.4 Å². The van der Waals surface area contributed by atoms with Gasteiger partial charge in [0, 0.05) is 13.1 Å². The number of ether oxygens (including phenoxy) is 1. The lowest BCUT2D eigenvalue weighted by Crippen LogP contribution is -2.36. The minimum absolute atomic E-state index is 0.116. The molecular formula is C13H18FN3O. The first kappa shape index (κ1) is 12.8. The molecule has 0 amide bonds. The average Bonchev–Trinajstić information content (AvgIpc) is 2.34. The normalized spacial score (nSPS) is 17.7. The van der Waals surface area contributed by atoms with Crippen molar-refractivity contribution in [3.63, 3.8) is 0 Å². The summed E-state index contributed by atoms with van der Waals surface area (Å²) in [7, 11) is 2.08. The summed E-state index contributed by atoms with van der Waals surface area (Å²) in [4.78, 5) is 2.25. The number of nitrogens with one attached hydrogen (secondary N) is 1. The molecule has 0 aliphatic carbocycles. The van der Waals surface area contributed by atoms with Gasteiger partial charge in [0.2, 0.25) is 0 Å². The first-order chi connectivity index (χ1) is 8.56. The predicted molar refractivity (Wildman–Crippen MR) is 68.6 cm³/mol. The average molecular weight is 251 g/mol. The van der Waals surface area contributed by atoms with Gasteiger partial charge in [-0.15, -0.1) is 0 Å². The number of rotatable bonds is 3. The number of amidine groups is 1. The molecule has 1 aliphatic rings. The van der Waals surface area contributed by atoms with Gasteiger partial charge in [-0.3, -0.25) is 5.41 Å². The van der Waals surface area contributed by atoms with E-state index in [1.807, 2.05) is 0 Å². The number of hydrogen-bond acceptors (Lipinski definition) is 3. The first-order valence-electron chi connectivity index (χ1n) is 6.05. The molecule has 0 unspecified atom stereocenters. The molecule has 3 N–H and O–H groups in total. The molecule has 1 aromatic rings. The van der Waals surface area contributed by atoms with Gasteiger partial charge in [0.1, 0.15) is 23.5 Å². The fourth-order valence-electron chi connectivity index (χ4n) is 2.10. The summed E-state index contributed by atoms with van der Waals surface area (Å²) in [6, 6.07) is 4.12. The Balaban J connectivity index is 2.11. The van der Waals surface area contributed by atoms with E-state index >= 15 is 0 Å². The highest BCUT2D eigenvalue weighted by Gasteiger charge is 2.19. The minimum Gasteiger partial charge on any atom is -0.490 e. The molecule has 0 bridgehead atoms. The third kappa shape index (κ3) is 2.98. The van der Waals surface area contributed by atoms with E-state index in [1.165, 1.54) is 12.1 Å². The second kappa shape index (κ2) is 5.35. The van der Waals surface area contributed by atoms with Crippen LogP contribution in [-0.4, -0.2) is 37.0 Å². The van der Waals surface area contributed by atoms with Crippen molar-refractivity contribution < 1.29 is 9.13 Å². The fraction of sp³-hybridized carbons (Fsp3) is 0.462. The van der Waals surface area contributed by atoms with Gasteiger partial charge in [-0.1, -0.05) is 0 Å². The molecular weight excluding hydrogens is 233 g/mol. The van der Waals surface area contributed by atoms with Crippen molar-refractivity contribution in [2.24, 2.45) is 5.73 Å². The van der Waals surface area contributed by atoms with Gasteiger partial charge in [-0.25, -0.2) is 4.39 Å². The third-order valence-electron chi connectivity index (χ3n) is 3.19. The van der Waals surface area contributed by atoms with Crippen LogP contribution in [0, 0.1) is 11.2 Å². The SMILES string of the molecule is CN1CCC(Oc2ccc(F)cc2C(=N)N)CC1. The summed E-state index contributed by atoms with van der Waals surface area (Å²) >= 11 is 0. The maximum absolute atomic E-state index is 13.1. The van der Waals surface area contributed by atoms with Crippen LogP contribution >= 0.6 is 0 Å². The lowest BCUT2D eigenvalue weighted by Gasteiger charge is -2.29. The second-order valence-electron chi connectivity index (χ2n) is 4.67. The van der Waals surface area contributed by atoms with Gasteiger partial charge >= 0.3 is 0 Å². The molecule has 0 spiro atoms. The minimum atomic E-state index is -0.407. The number of benzene rings is 1. The molecule has 1 aromatic carbocycles. The monoisotopic (exact) mass is 251 g/mol. The summed E-state index contributed by atoms with van der Waals surface area (Å²) in [6.07, 6.45) is 1.99. The number of nitrogens with zero attached hydrogens (tertiary/aromatic N) is 1. The first-order valence-corrected chi connectivity index (χ1v) is 6.05. The van der Waals surface area contributed by atoms with Crippen LogP contribution in [0.2, 0.25) is 0 Å². The molecule has 1 aliphatic heterocycles. The molecule has 1 fully saturated rings. The van der Waals surface area contributed by atoms with Crippen molar-refractivity contribution in [1.82, 2.24) is 4.90 Å². The van der Waals surface area contributed by atoms with Gasteiger partial charge in [-0.2, -0.15) is 0 Å². The number of hydrogen-bond donors (Lipinski definition) is 2. The Morgan fingerprint density at radius 1 is 1.44 bits per heavy atom. The Morgan fingerprint density at radius 2 is 2.11 bits per heavy atom. The van der Waals surface area contributed by atoms with E-state index in [9.17, 15) is 4.39 Å². The van der Waals surface area contributed by atoms with Crippen molar-refractivity contribution in [3.8, 4) is 5.75 Å². The summed E-state index contributed by atoms with van der Waals surface area (Å²) in [5, 5.41) is 7.45. The van der Waals surface area contributed by atoms with Crippen molar-refractivity contribution in [2.75, 3.05) is 20.1 Å². The van der Waals surface area contributed by atoms with E-state index in [0.29, 0.717) is 11.3 Å². The summed E-state index contributed by atoms with van der Waals surface area (Å²) in [6.45, 7) is 1.97. The lowest BCUT2D eigenvalue weighted by molar-refractivity contribution is 0.114. The zero-order valence-electron chi connectivity index (χ0n) is 10.4.